The molecule has 0 saturated carbocycles. The average molecular weight is 358 g/mol. The third-order valence-corrected chi connectivity index (χ3v) is 6.85. The van der Waals surface area contributed by atoms with Crippen LogP contribution in [0.1, 0.15) is 33.7 Å². The molecular formula is C19H19NO2S2. The van der Waals surface area contributed by atoms with Crippen molar-refractivity contribution >= 4 is 40.8 Å². The van der Waals surface area contributed by atoms with Crippen LogP contribution in [0.2, 0.25) is 0 Å². The number of hydrogen-bond donors (Lipinski definition) is 1. The van der Waals surface area contributed by atoms with Crippen LogP contribution in [0.15, 0.2) is 29.2 Å². The van der Waals surface area contributed by atoms with Gasteiger partial charge in [0.05, 0.1) is 12.0 Å². The zero-order valence-electron chi connectivity index (χ0n) is 13.6. The van der Waals surface area contributed by atoms with Crippen molar-refractivity contribution in [2.75, 3.05) is 12.4 Å². The summed E-state index contributed by atoms with van der Waals surface area (Å²) in [4.78, 5) is 16.2. The summed E-state index contributed by atoms with van der Waals surface area (Å²) in [7, 11) is 1.63. The summed E-state index contributed by atoms with van der Waals surface area (Å²) in [5, 5.41) is 2.98. The van der Waals surface area contributed by atoms with E-state index in [4.69, 9.17) is 4.74 Å². The molecule has 24 heavy (non-hydrogen) atoms. The van der Waals surface area contributed by atoms with E-state index < -0.39 is 0 Å². The first-order valence-electron chi connectivity index (χ1n) is 8.18. The molecule has 0 saturated heterocycles. The largest absolute Gasteiger partial charge is 0.497 e. The van der Waals surface area contributed by atoms with Crippen LogP contribution in [0.5, 0.6) is 5.75 Å². The summed E-state index contributed by atoms with van der Waals surface area (Å²) in [6, 6.07) is 7.42. The van der Waals surface area contributed by atoms with Gasteiger partial charge in [0.1, 0.15) is 5.75 Å². The Morgan fingerprint density at radius 3 is 2.71 bits per heavy atom. The van der Waals surface area contributed by atoms with E-state index in [9.17, 15) is 4.79 Å². The van der Waals surface area contributed by atoms with Crippen LogP contribution in [-0.4, -0.2) is 13.0 Å². The first-order chi connectivity index (χ1) is 11.7. The number of aryl methyl sites for hydroxylation is 1. The van der Waals surface area contributed by atoms with Crippen molar-refractivity contribution in [3.63, 3.8) is 0 Å². The van der Waals surface area contributed by atoms with Crippen molar-refractivity contribution in [3.05, 3.63) is 50.1 Å². The first-order valence-corrected chi connectivity index (χ1v) is 9.98. The Labute approximate surface area is 150 Å². The lowest BCUT2D eigenvalue weighted by molar-refractivity contribution is -0.112. The van der Waals surface area contributed by atoms with Crippen LogP contribution in [0.3, 0.4) is 0 Å². The molecule has 2 aromatic rings. The molecule has 0 bridgehead atoms. The van der Waals surface area contributed by atoms with Gasteiger partial charge in [-0.05, 0) is 67.2 Å². The van der Waals surface area contributed by atoms with Gasteiger partial charge in [0.25, 0.3) is 5.91 Å². The molecule has 5 heteroatoms. The minimum absolute atomic E-state index is 0.0258. The number of ether oxygens (including phenoxy) is 1. The maximum absolute atomic E-state index is 12.5. The molecule has 1 amide bonds. The summed E-state index contributed by atoms with van der Waals surface area (Å²) in [5.74, 6) is 1.68. The average Bonchev–Trinajstić information content (AvgIpc) is 3.00. The molecule has 0 spiro atoms. The van der Waals surface area contributed by atoms with Gasteiger partial charge in [0.15, 0.2) is 0 Å². The standard InChI is InChI=1S/C19H19NO2S2/c1-22-13-8-6-12(7-9-13)20-19(21)18-10-17-15(11-23-18)14-4-2-3-5-16(14)24-17/h6-10H,2-5,11H2,1H3,(H,20,21). The summed E-state index contributed by atoms with van der Waals surface area (Å²) < 4.78 is 5.14. The van der Waals surface area contributed by atoms with E-state index in [0.29, 0.717) is 0 Å². The molecule has 0 atom stereocenters. The van der Waals surface area contributed by atoms with E-state index in [0.717, 1.165) is 22.1 Å². The highest BCUT2D eigenvalue weighted by Gasteiger charge is 2.25. The molecule has 2 aliphatic rings. The van der Waals surface area contributed by atoms with Gasteiger partial charge >= 0.3 is 0 Å². The number of hydrogen-bond acceptors (Lipinski definition) is 4. The van der Waals surface area contributed by atoms with Crippen LogP contribution < -0.4 is 10.1 Å². The molecule has 3 nitrogen and oxygen atoms in total. The van der Waals surface area contributed by atoms with E-state index in [1.165, 1.54) is 36.1 Å². The number of amides is 1. The number of benzene rings is 1. The molecule has 4 rings (SSSR count). The van der Waals surface area contributed by atoms with Crippen molar-refractivity contribution in [1.82, 2.24) is 0 Å². The summed E-state index contributed by atoms with van der Waals surface area (Å²) in [6.07, 6.45) is 7.09. The Morgan fingerprint density at radius 1 is 1.12 bits per heavy atom. The molecule has 1 aliphatic carbocycles. The minimum atomic E-state index is -0.0258. The van der Waals surface area contributed by atoms with E-state index in [1.54, 1.807) is 29.3 Å². The molecular weight excluding hydrogens is 338 g/mol. The lowest BCUT2D eigenvalue weighted by atomic mass is 9.95. The van der Waals surface area contributed by atoms with E-state index >= 15 is 0 Å². The van der Waals surface area contributed by atoms with Crippen LogP contribution in [0.25, 0.3) is 6.08 Å². The molecule has 0 fully saturated rings. The van der Waals surface area contributed by atoms with Crippen LogP contribution in [-0.2, 0) is 23.4 Å². The van der Waals surface area contributed by atoms with Crippen LogP contribution in [0, 0.1) is 0 Å². The fraction of sp³-hybridized carbons (Fsp3) is 0.316. The van der Waals surface area contributed by atoms with Gasteiger partial charge in [0, 0.05) is 21.2 Å². The number of fused-ring (bicyclic) bond motifs is 3. The fourth-order valence-electron chi connectivity index (χ4n) is 3.24. The van der Waals surface area contributed by atoms with Gasteiger partial charge < -0.3 is 10.1 Å². The second-order valence-corrected chi connectivity index (χ2v) is 8.19. The number of methoxy groups -OCH3 is 1. The highest BCUT2D eigenvalue weighted by molar-refractivity contribution is 8.03. The predicted octanol–water partition coefficient (Wildman–Crippen LogP) is 4.86. The van der Waals surface area contributed by atoms with Crippen molar-refractivity contribution in [2.24, 2.45) is 0 Å². The highest BCUT2D eigenvalue weighted by atomic mass is 32.2. The normalized spacial score (nSPS) is 16.0. The third kappa shape index (κ3) is 2.98. The van der Waals surface area contributed by atoms with Gasteiger partial charge in [-0.15, -0.1) is 23.1 Å². The maximum Gasteiger partial charge on any atom is 0.262 e. The lowest BCUT2D eigenvalue weighted by Crippen LogP contribution is -2.14. The molecule has 1 aromatic heterocycles. The zero-order valence-corrected chi connectivity index (χ0v) is 15.2. The Kier molecular flexibility index (Phi) is 4.37. The van der Waals surface area contributed by atoms with Crippen LogP contribution in [0.4, 0.5) is 5.69 Å². The Bertz CT molecular complexity index is 806. The topological polar surface area (TPSA) is 38.3 Å². The summed E-state index contributed by atoms with van der Waals surface area (Å²) >= 11 is 3.53. The molecule has 0 unspecified atom stereocenters. The zero-order chi connectivity index (χ0) is 16.5. The lowest BCUT2D eigenvalue weighted by Gasteiger charge is -2.16. The quantitative estimate of drug-likeness (QED) is 0.852. The van der Waals surface area contributed by atoms with Crippen molar-refractivity contribution in [1.29, 1.82) is 0 Å². The van der Waals surface area contributed by atoms with Crippen molar-refractivity contribution < 1.29 is 9.53 Å². The molecule has 2 heterocycles. The maximum atomic E-state index is 12.5. The number of anilines is 1. The monoisotopic (exact) mass is 357 g/mol. The Balaban J connectivity index is 1.53. The van der Waals surface area contributed by atoms with Gasteiger partial charge in [-0.2, -0.15) is 0 Å². The van der Waals surface area contributed by atoms with Gasteiger partial charge in [0.2, 0.25) is 0 Å². The van der Waals surface area contributed by atoms with Crippen molar-refractivity contribution in [2.45, 2.75) is 31.4 Å². The van der Waals surface area contributed by atoms with E-state index in [2.05, 4.69) is 11.4 Å². The number of carbonyl (C=O) groups is 1. The first kappa shape index (κ1) is 15.8. The van der Waals surface area contributed by atoms with Gasteiger partial charge in [-0.25, -0.2) is 0 Å². The number of rotatable bonds is 3. The van der Waals surface area contributed by atoms with Gasteiger partial charge in [-0.1, -0.05) is 0 Å². The minimum Gasteiger partial charge on any atom is -0.497 e. The second kappa shape index (κ2) is 6.65. The molecule has 1 N–H and O–H groups in total. The summed E-state index contributed by atoms with van der Waals surface area (Å²) in [6.45, 7) is 0. The number of nitrogens with one attached hydrogen (secondary N) is 1. The fourth-order valence-corrected chi connectivity index (χ4v) is 5.77. The third-order valence-electron chi connectivity index (χ3n) is 4.52. The highest BCUT2D eigenvalue weighted by Crippen LogP contribution is 2.42. The Morgan fingerprint density at radius 2 is 1.92 bits per heavy atom. The Hall–Kier alpha value is -1.72. The predicted molar refractivity (Wildman–Crippen MR) is 102 cm³/mol. The molecule has 1 aliphatic heterocycles. The van der Waals surface area contributed by atoms with Gasteiger partial charge in [-0.3, -0.25) is 4.79 Å². The number of carbonyl (C=O) groups excluding carboxylic acids is 1. The van der Waals surface area contributed by atoms with E-state index in [1.807, 2.05) is 35.6 Å². The molecule has 0 radical (unpaired) electrons. The van der Waals surface area contributed by atoms with E-state index in [-0.39, 0.29) is 5.91 Å². The molecule has 124 valence electrons. The van der Waals surface area contributed by atoms with Crippen LogP contribution >= 0.6 is 23.1 Å². The SMILES string of the molecule is COc1ccc(NC(=O)C2=Cc3sc4c(c3CS2)CCCC4)cc1. The second-order valence-electron chi connectivity index (χ2n) is 6.03. The number of thiophene rings is 1. The van der Waals surface area contributed by atoms with Crippen molar-refractivity contribution in [3.8, 4) is 5.75 Å². The molecule has 1 aromatic carbocycles. The summed E-state index contributed by atoms with van der Waals surface area (Å²) in [5.41, 5.74) is 3.83. The number of thioether (sulfide) groups is 1. The smallest absolute Gasteiger partial charge is 0.262 e.